The van der Waals surface area contributed by atoms with Crippen LogP contribution in [0, 0.1) is 5.82 Å². The van der Waals surface area contributed by atoms with Gasteiger partial charge in [0.25, 0.3) is 12.3 Å². The summed E-state index contributed by atoms with van der Waals surface area (Å²) in [6, 6.07) is 2.12. The Hall–Kier alpha value is -2.85. The Morgan fingerprint density at radius 2 is 1.70 bits per heavy atom. The Labute approximate surface area is 148 Å². The fraction of sp³-hybridized carbons (Fsp3) is 0.312. The van der Waals surface area contributed by atoms with Gasteiger partial charge in [-0.05, 0) is 26.0 Å². The van der Waals surface area contributed by atoms with Crippen molar-refractivity contribution in [2.75, 3.05) is 0 Å². The number of halogens is 6. The van der Waals surface area contributed by atoms with Gasteiger partial charge in [-0.1, -0.05) is 0 Å². The molecule has 0 amide bonds. The molecule has 3 aromatic rings. The van der Waals surface area contributed by atoms with Gasteiger partial charge in [0.05, 0.1) is 11.2 Å². The van der Waals surface area contributed by atoms with Gasteiger partial charge in [-0.3, -0.25) is 4.40 Å². The first-order valence-corrected chi connectivity index (χ1v) is 7.52. The van der Waals surface area contributed by atoms with Crippen molar-refractivity contribution in [3.8, 4) is 17.1 Å². The molecule has 144 valence electrons. The summed E-state index contributed by atoms with van der Waals surface area (Å²) >= 11 is 0. The van der Waals surface area contributed by atoms with E-state index in [1.807, 2.05) is 0 Å². The third kappa shape index (κ3) is 3.53. The van der Waals surface area contributed by atoms with Crippen molar-refractivity contribution in [1.82, 2.24) is 19.4 Å². The van der Waals surface area contributed by atoms with Gasteiger partial charge in [0.2, 0.25) is 0 Å². The Kier molecular flexibility index (Phi) is 4.48. The molecular formula is C16H12F6N4O. The molecule has 0 saturated carbocycles. The number of aromatic nitrogens is 4. The van der Waals surface area contributed by atoms with Gasteiger partial charge < -0.3 is 4.74 Å². The Bertz CT molecular complexity index is 983. The zero-order valence-corrected chi connectivity index (χ0v) is 13.9. The lowest BCUT2D eigenvalue weighted by molar-refractivity contribution is -0.235. The minimum Gasteiger partial charge on any atom is -0.460 e. The van der Waals surface area contributed by atoms with Gasteiger partial charge >= 0.3 is 6.18 Å². The average molecular weight is 390 g/mol. The monoisotopic (exact) mass is 390 g/mol. The maximum absolute atomic E-state index is 14.2. The maximum atomic E-state index is 14.2. The highest BCUT2D eigenvalue weighted by Gasteiger charge is 2.50. The Morgan fingerprint density at radius 1 is 1.04 bits per heavy atom. The number of imidazole rings is 1. The number of ether oxygens (including phenoxy) is 1. The van der Waals surface area contributed by atoms with Gasteiger partial charge in [0.15, 0.2) is 11.4 Å². The van der Waals surface area contributed by atoms with Gasteiger partial charge in [-0.15, -0.1) is 0 Å². The van der Waals surface area contributed by atoms with Crippen molar-refractivity contribution in [2.24, 2.45) is 0 Å². The van der Waals surface area contributed by atoms with Gasteiger partial charge in [0.1, 0.15) is 18.3 Å². The number of hydrogen-bond donors (Lipinski definition) is 0. The van der Waals surface area contributed by atoms with Gasteiger partial charge in [-0.2, -0.15) is 13.2 Å². The Balaban J connectivity index is 1.96. The largest absolute Gasteiger partial charge is 0.460 e. The summed E-state index contributed by atoms with van der Waals surface area (Å²) in [4.78, 5) is 11.1. The molecule has 0 N–H and O–H groups in total. The van der Waals surface area contributed by atoms with E-state index in [0.29, 0.717) is 0 Å². The molecule has 0 aliphatic heterocycles. The van der Waals surface area contributed by atoms with Crippen LogP contribution in [0.1, 0.15) is 26.0 Å². The van der Waals surface area contributed by atoms with Crippen LogP contribution >= 0.6 is 0 Å². The third-order valence-electron chi connectivity index (χ3n) is 3.80. The van der Waals surface area contributed by atoms with E-state index in [4.69, 9.17) is 0 Å². The molecule has 11 heteroatoms. The molecular weight excluding hydrogens is 378 g/mol. The van der Waals surface area contributed by atoms with Gasteiger partial charge in [-0.25, -0.2) is 28.1 Å². The molecule has 0 unspecified atom stereocenters. The van der Waals surface area contributed by atoms with E-state index in [-0.39, 0.29) is 16.8 Å². The lowest BCUT2D eigenvalue weighted by Gasteiger charge is -2.28. The second-order valence-electron chi connectivity index (χ2n) is 6.12. The number of pyridine rings is 1. The van der Waals surface area contributed by atoms with Crippen molar-refractivity contribution in [2.45, 2.75) is 32.1 Å². The normalized spacial score (nSPS) is 12.8. The minimum atomic E-state index is -4.74. The quantitative estimate of drug-likeness (QED) is 0.612. The number of rotatable bonds is 4. The van der Waals surface area contributed by atoms with E-state index in [1.54, 1.807) is 0 Å². The van der Waals surface area contributed by atoms with Crippen molar-refractivity contribution < 1.29 is 31.1 Å². The SMILES string of the molecule is CC(C)(Oc1ncc(-c2cc3c(C(F)F)ncn3cn2)cc1F)C(F)(F)F. The van der Waals surface area contributed by atoms with E-state index in [2.05, 4.69) is 19.7 Å². The highest BCUT2D eigenvalue weighted by atomic mass is 19.4. The van der Waals surface area contributed by atoms with Gasteiger partial charge in [0, 0.05) is 11.8 Å². The fourth-order valence-corrected chi connectivity index (χ4v) is 2.18. The molecule has 0 bridgehead atoms. The van der Waals surface area contributed by atoms with Crippen LogP contribution in [0.25, 0.3) is 16.8 Å². The summed E-state index contributed by atoms with van der Waals surface area (Å²) in [6.07, 6.45) is -4.15. The topological polar surface area (TPSA) is 52.3 Å². The summed E-state index contributed by atoms with van der Waals surface area (Å²) in [7, 11) is 0. The average Bonchev–Trinajstić information content (AvgIpc) is 2.98. The number of alkyl halides is 5. The van der Waals surface area contributed by atoms with E-state index < -0.39 is 35.6 Å². The number of fused-ring (bicyclic) bond motifs is 1. The van der Waals surface area contributed by atoms with Crippen LogP contribution in [0.2, 0.25) is 0 Å². The van der Waals surface area contributed by atoms with Crippen LogP contribution < -0.4 is 4.74 Å². The minimum absolute atomic E-state index is 0.0638. The molecule has 27 heavy (non-hydrogen) atoms. The predicted octanol–water partition coefficient (Wildman–Crippen LogP) is 4.59. The lowest BCUT2D eigenvalue weighted by atomic mass is 10.1. The van der Waals surface area contributed by atoms with E-state index in [9.17, 15) is 26.3 Å². The zero-order valence-electron chi connectivity index (χ0n) is 13.9. The molecule has 3 rings (SSSR count). The van der Waals surface area contributed by atoms with Crippen molar-refractivity contribution in [1.29, 1.82) is 0 Å². The first kappa shape index (κ1) is 18.9. The lowest BCUT2D eigenvalue weighted by Crippen LogP contribution is -2.45. The van der Waals surface area contributed by atoms with Crippen LogP contribution in [0.5, 0.6) is 5.88 Å². The summed E-state index contributed by atoms with van der Waals surface area (Å²) in [5, 5.41) is 0. The number of nitrogens with zero attached hydrogens (tertiary/aromatic N) is 4. The highest BCUT2D eigenvalue weighted by molar-refractivity contribution is 5.66. The summed E-state index contributed by atoms with van der Waals surface area (Å²) in [6.45, 7) is 1.48. The third-order valence-corrected chi connectivity index (χ3v) is 3.80. The molecule has 3 heterocycles. The van der Waals surface area contributed by atoms with Crippen LogP contribution in [-0.4, -0.2) is 31.1 Å². The van der Waals surface area contributed by atoms with E-state index >= 15 is 0 Å². The van der Waals surface area contributed by atoms with Crippen LogP contribution in [-0.2, 0) is 0 Å². The molecule has 0 fully saturated rings. The number of hydrogen-bond acceptors (Lipinski definition) is 4. The van der Waals surface area contributed by atoms with Crippen molar-refractivity contribution >= 4 is 5.52 Å². The summed E-state index contributed by atoms with van der Waals surface area (Å²) < 4.78 is 84.6. The maximum Gasteiger partial charge on any atom is 0.427 e. The van der Waals surface area contributed by atoms with Crippen LogP contribution in [0.4, 0.5) is 26.3 Å². The summed E-state index contributed by atoms with van der Waals surface area (Å²) in [5.74, 6) is -1.98. The van der Waals surface area contributed by atoms with E-state index in [0.717, 1.165) is 32.4 Å². The second kappa shape index (κ2) is 6.39. The predicted molar refractivity (Wildman–Crippen MR) is 81.9 cm³/mol. The van der Waals surface area contributed by atoms with Crippen LogP contribution in [0.15, 0.2) is 31.0 Å². The Morgan fingerprint density at radius 3 is 2.30 bits per heavy atom. The van der Waals surface area contributed by atoms with Crippen molar-refractivity contribution in [3.63, 3.8) is 0 Å². The molecule has 0 aliphatic rings. The highest BCUT2D eigenvalue weighted by Crippen LogP contribution is 2.35. The molecule has 0 saturated heterocycles. The molecule has 0 spiro atoms. The first-order chi connectivity index (χ1) is 12.5. The first-order valence-electron chi connectivity index (χ1n) is 7.52. The molecule has 5 nitrogen and oxygen atoms in total. The molecule has 0 radical (unpaired) electrons. The molecule has 0 aromatic carbocycles. The summed E-state index contributed by atoms with van der Waals surface area (Å²) in [5.41, 5.74) is -2.89. The van der Waals surface area contributed by atoms with Crippen molar-refractivity contribution in [3.05, 3.63) is 42.5 Å². The second-order valence-corrected chi connectivity index (χ2v) is 6.12. The smallest absolute Gasteiger partial charge is 0.427 e. The molecule has 0 atom stereocenters. The van der Waals surface area contributed by atoms with Crippen LogP contribution in [0.3, 0.4) is 0 Å². The fourth-order valence-electron chi connectivity index (χ4n) is 2.18. The zero-order chi connectivity index (χ0) is 20.0. The standard InChI is InChI=1S/C16H12F6N4O/c1-15(2,16(20,21)22)27-14-9(17)3-8(5-23-14)10-4-11-12(13(18)19)25-7-26(11)6-24-10/h3-7,13H,1-2H3. The van der Waals surface area contributed by atoms with E-state index in [1.165, 1.54) is 16.8 Å². The molecule has 3 aromatic heterocycles. The molecule has 0 aliphatic carbocycles.